The fraction of sp³-hybridized carbons (Fsp3) is 0.188. The molecule has 2 aromatic heterocycles. The molecule has 0 unspecified atom stereocenters. The second kappa shape index (κ2) is 5.51. The number of halogens is 2. The number of carbonyl (C=O) groups is 1. The van der Waals surface area contributed by atoms with Crippen molar-refractivity contribution in [3.8, 4) is 11.5 Å². The second-order valence-corrected chi connectivity index (χ2v) is 6.20. The van der Waals surface area contributed by atoms with Gasteiger partial charge in [-0.1, -0.05) is 29.3 Å². The molecule has 4 rings (SSSR count). The molecule has 7 heteroatoms. The third kappa shape index (κ3) is 2.66. The molecule has 0 radical (unpaired) electrons. The van der Waals surface area contributed by atoms with E-state index in [1.807, 2.05) is 0 Å². The molecule has 0 spiro atoms. The van der Waals surface area contributed by atoms with Crippen molar-refractivity contribution in [2.24, 2.45) is 5.92 Å². The van der Waals surface area contributed by atoms with Gasteiger partial charge in [0, 0.05) is 18.2 Å². The highest BCUT2D eigenvalue weighted by molar-refractivity contribution is 6.39. The Labute approximate surface area is 141 Å². The summed E-state index contributed by atoms with van der Waals surface area (Å²) >= 11 is 12.4. The number of rotatable bonds is 3. The number of nitrogens with one attached hydrogen (secondary N) is 1. The number of carbonyl (C=O) groups excluding carboxylic acids is 1. The van der Waals surface area contributed by atoms with Gasteiger partial charge >= 0.3 is 0 Å². The van der Waals surface area contributed by atoms with E-state index in [0.717, 1.165) is 12.8 Å². The minimum Gasteiger partial charge on any atom is -0.436 e. The normalized spacial score (nSPS) is 14.2. The first-order valence-corrected chi connectivity index (χ1v) is 7.90. The van der Waals surface area contributed by atoms with Crippen LogP contribution in [-0.4, -0.2) is 15.9 Å². The van der Waals surface area contributed by atoms with Crippen LogP contribution in [0.1, 0.15) is 12.8 Å². The summed E-state index contributed by atoms with van der Waals surface area (Å²) in [6, 6.07) is 6.86. The Bertz CT molecular complexity index is 899. The van der Waals surface area contributed by atoms with Crippen LogP contribution < -0.4 is 5.32 Å². The van der Waals surface area contributed by atoms with Crippen molar-refractivity contribution in [3.63, 3.8) is 0 Å². The monoisotopic (exact) mass is 347 g/mol. The predicted octanol–water partition coefficient (Wildman–Crippen LogP) is 4.55. The van der Waals surface area contributed by atoms with E-state index in [1.54, 1.807) is 30.5 Å². The summed E-state index contributed by atoms with van der Waals surface area (Å²) in [5, 5.41) is 3.69. The summed E-state index contributed by atoms with van der Waals surface area (Å²) in [5.41, 5.74) is 1.51. The number of oxazole rings is 1. The summed E-state index contributed by atoms with van der Waals surface area (Å²) in [5.74, 6) is 0.727. The van der Waals surface area contributed by atoms with Gasteiger partial charge in [-0.25, -0.2) is 9.97 Å². The minimum absolute atomic E-state index is 0.0367. The number of nitrogens with zero attached hydrogens (tertiary/aromatic N) is 2. The zero-order valence-corrected chi connectivity index (χ0v) is 13.4. The zero-order valence-electron chi connectivity index (χ0n) is 11.8. The van der Waals surface area contributed by atoms with Gasteiger partial charge in [0.2, 0.25) is 11.8 Å². The van der Waals surface area contributed by atoms with E-state index in [1.165, 1.54) is 0 Å². The van der Waals surface area contributed by atoms with Gasteiger partial charge in [0.05, 0.1) is 15.6 Å². The van der Waals surface area contributed by atoms with Gasteiger partial charge in [0.1, 0.15) is 0 Å². The van der Waals surface area contributed by atoms with Crippen LogP contribution in [0, 0.1) is 5.92 Å². The van der Waals surface area contributed by atoms with Gasteiger partial charge < -0.3 is 9.73 Å². The van der Waals surface area contributed by atoms with Crippen molar-refractivity contribution < 1.29 is 9.21 Å². The SMILES string of the molecule is O=C(Nc1nccc2oc(-c3c(Cl)cccc3Cl)nc12)C1CC1. The first-order valence-electron chi connectivity index (χ1n) is 7.14. The lowest BCUT2D eigenvalue weighted by Crippen LogP contribution is -2.14. The van der Waals surface area contributed by atoms with Crippen molar-refractivity contribution in [2.45, 2.75) is 12.8 Å². The first kappa shape index (κ1) is 14.5. The Kier molecular flexibility index (Phi) is 3.47. The molecular formula is C16H11Cl2N3O2. The van der Waals surface area contributed by atoms with E-state index >= 15 is 0 Å². The van der Waals surface area contributed by atoms with Crippen molar-refractivity contribution in [1.82, 2.24) is 9.97 Å². The number of amides is 1. The van der Waals surface area contributed by atoms with Crippen LogP contribution in [0.15, 0.2) is 34.9 Å². The molecule has 1 aliphatic carbocycles. The largest absolute Gasteiger partial charge is 0.436 e. The van der Waals surface area contributed by atoms with Crippen LogP contribution in [0.2, 0.25) is 10.0 Å². The molecule has 23 heavy (non-hydrogen) atoms. The van der Waals surface area contributed by atoms with E-state index in [4.69, 9.17) is 27.6 Å². The van der Waals surface area contributed by atoms with E-state index in [0.29, 0.717) is 38.4 Å². The highest BCUT2D eigenvalue weighted by Gasteiger charge is 2.30. The van der Waals surface area contributed by atoms with Crippen molar-refractivity contribution in [2.75, 3.05) is 5.32 Å². The Hall–Kier alpha value is -2.11. The molecule has 0 aliphatic heterocycles. The lowest BCUT2D eigenvalue weighted by atomic mass is 10.2. The van der Waals surface area contributed by atoms with Gasteiger partial charge in [-0.15, -0.1) is 0 Å². The van der Waals surface area contributed by atoms with Crippen molar-refractivity contribution in [3.05, 3.63) is 40.5 Å². The molecule has 1 saturated carbocycles. The van der Waals surface area contributed by atoms with E-state index in [9.17, 15) is 4.79 Å². The van der Waals surface area contributed by atoms with E-state index in [2.05, 4.69) is 15.3 Å². The number of pyridine rings is 1. The number of anilines is 1. The van der Waals surface area contributed by atoms with Crippen LogP contribution in [0.3, 0.4) is 0 Å². The van der Waals surface area contributed by atoms with Crippen LogP contribution >= 0.6 is 23.2 Å². The van der Waals surface area contributed by atoms with Crippen LogP contribution in [0.25, 0.3) is 22.6 Å². The van der Waals surface area contributed by atoms with Crippen molar-refractivity contribution >= 4 is 46.0 Å². The summed E-state index contributed by atoms with van der Waals surface area (Å²) in [6.07, 6.45) is 3.40. The third-order valence-electron chi connectivity index (χ3n) is 3.67. The highest BCUT2D eigenvalue weighted by Crippen LogP contribution is 2.37. The molecule has 1 N–H and O–H groups in total. The maximum atomic E-state index is 12.0. The quantitative estimate of drug-likeness (QED) is 0.754. The van der Waals surface area contributed by atoms with Crippen LogP contribution in [0.5, 0.6) is 0 Å². The van der Waals surface area contributed by atoms with Gasteiger partial charge in [-0.2, -0.15) is 0 Å². The number of fused-ring (bicyclic) bond motifs is 1. The number of aromatic nitrogens is 2. The van der Waals surface area contributed by atoms with Gasteiger partial charge in [-0.3, -0.25) is 4.79 Å². The average Bonchev–Trinajstić information content (AvgIpc) is 3.28. The molecule has 0 bridgehead atoms. The smallest absolute Gasteiger partial charge is 0.230 e. The second-order valence-electron chi connectivity index (χ2n) is 5.39. The fourth-order valence-corrected chi connectivity index (χ4v) is 2.88. The standard InChI is InChI=1S/C16H11Cl2N3O2/c17-9-2-1-3-10(18)12(9)16-20-13-11(23-16)6-7-19-14(13)21-15(22)8-4-5-8/h1-3,6-8H,4-5H2,(H,19,21,22). The molecular weight excluding hydrogens is 337 g/mol. The summed E-state index contributed by atoms with van der Waals surface area (Å²) in [7, 11) is 0. The van der Waals surface area contributed by atoms with Crippen LogP contribution in [-0.2, 0) is 4.79 Å². The topological polar surface area (TPSA) is 68.0 Å². The molecule has 5 nitrogen and oxygen atoms in total. The molecule has 1 amide bonds. The number of hydrogen-bond donors (Lipinski definition) is 1. The lowest BCUT2D eigenvalue weighted by molar-refractivity contribution is -0.117. The Morgan fingerprint density at radius 1 is 1.22 bits per heavy atom. The third-order valence-corrected chi connectivity index (χ3v) is 4.30. The highest BCUT2D eigenvalue weighted by atomic mass is 35.5. The number of benzene rings is 1. The fourth-order valence-electron chi connectivity index (χ4n) is 2.32. The van der Waals surface area contributed by atoms with E-state index < -0.39 is 0 Å². The Morgan fingerprint density at radius 3 is 2.65 bits per heavy atom. The van der Waals surface area contributed by atoms with Gasteiger partial charge in [0.15, 0.2) is 16.9 Å². The molecule has 1 aliphatic rings. The number of hydrogen-bond acceptors (Lipinski definition) is 4. The molecule has 1 fully saturated rings. The summed E-state index contributed by atoms with van der Waals surface area (Å²) < 4.78 is 5.74. The Morgan fingerprint density at radius 2 is 1.96 bits per heavy atom. The van der Waals surface area contributed by atoms with Crippen LogP contribution in [0.4, 0.5) is 5.82 Å². The maximum absolute atomic E-state index is 12.0. The maximum Gasteiger partial charge on any atom is 0.230 e. The minimum atomic E-state index is -0.0367. The molecule has 0 atom stereocenters. The summed E-state index contributed by atoms with van der Waals surface area (Å²) in [6.45, 7) is 0. The Balaban J connectivity index is 1.80. The van der Waals surface area contributed by atoms with Gasteiger partial charge in [-0.05, 0) is 25.0 Å². The predicted molar refractivity (Wildman–Crippen MR) is 88.6 cm³/mol. The molecule has 1 aromatic carbocycles. The molecule has 116 valence electrons. The zero-order chi connectivity index (χ0) is 16.0. The van der Waals surface area contributed by atoms with E-state index in [-0.39, 0.29) is 11.8 Å². The van der Waals surface area contributed by atoms with Crippen molar-refractivity contribution in [1.29, 1.82) is 0 Å². The molecule has 3 aromatic rings. The first-order chi connectivity index (χ1) is 11.1. The molecule has 2 heterocycles. The average molecular weight is 348 g/mol. The summed E-state index contributed by atoms with van der Waals surface area (Å²) in [4.78, 5) is 20.6. The molecule has 0 saturated heterocycles. The van der Waals surface area contributed by atoms with Gasteiger partial charge in [0.25, 0.3) is 0 Å². The lowest BCUT2D eigenvalue weighted by Gasteiger charge is -2.02.